The van der Waals surface area contributed by atoms with Gasteiger partial charge in [-0.3, -0.25) is 4.79 Å². The van der Waals surface area contributed by atoms with Crippen molar-refractivity contribution in [3.63, 3.8) is 0 Å². The summed E-state index contributed by atoms with van der Waals surface area (Å²) >= 11 is 3.41. The molecule has 1 fully saturated rings. The highest BCUT2D eigenvalue weighted by Gasteiger charge is 2.14. The van der Waals surface area contributed by atoms with Gasteiger partial charge < -0.3 is 10.6 Å². The van der Waals surface area contributed by atoms with Crippen molar-refractivity contribution in [1.82, 2.24) is 10.6 Å². The van der Waals surface area contributed by atoms with Crippen molar-refractivity contribution in [3.05, 3.63) is 34.3 Å². The summed E-state index contributed by atoms with van der Waals surface area (Å²) in [6, 6.07) is 8.78. The minimum atomic E-state index is 0.172. The van der Waals surface area contributed by atoms with Crippen LogP contribution >= 0.6 is 15.9 Å². The van der Waals surface area contributed by atoms with Crippen molar-refractivity contribution >= 4 is 21.8 Å². The molecule has 1 aromatic carbocycles. The Labute approximate surface area is 123 Å². The summed E-state index contributed by atoms with van der Waals surface area (Å²) in [4.78, 5) is 11.7. The zero-order valence-corrected chi connectivity index (χ0v) is 12.7. The molecule has 1 saturated heterocycles. The third kappa shape index (κ3) is 5.33. The van der Waals surface area contributed by atoms with Gasteiger partial charge in [-0.1, -0.05) is 28.1 Å². The number of benzene rings is 1. The Morgan fingerprint density at radius 3 is 2.84 bits per heavy atom. The smallest absolute Gasteiger partial charge is 0.220 e. The van der Waals surface area contributed by atoms with Gasteiger partial charge >= 0.3 is 0 Å². The highest BCUT2D eigenvalue weighted by molar-refractivity contribution is 9.10. The van der Waals surface area contributed by atoms with Crippen LogP contribution in [0.3, 0.4) is 0 Å². The summed E-state index contributed by atoms with van der Waals surface area (Å²) in [5, 5.41) is 6.41. The van der Waals surface area contributed by atoms with Crippen LogP contribution in [-0.2, 0) is 11.2 Å². The molecular weight excluding hydrogens is 304 g/mol. The Balaban J connectivity index is 1.59. The van der Waals surface area contributed by atoms with Gasteiger partial charge in [0.05, 0.1) is 0 Å². The average molecular weight is 325 g/mol. The largest absolute Gasteiger partial charge is 0.356 e. The van der Waals surface area contributed by atoms with Crippen LogP contribution in [0.25, 0.3) is 0 Å². The molecule has 0 aromatic heterocycles. The van der Waals surface area contributed by atoms with Gasteiger partial charge in [0.1, 0.15) is 0 Å². The van der Waals surface area contributed by atoms with Crippen molar-refractivity contribution < 1.29 is 4.79 Å². The van der Waals surface area contributed by atoms with Gasteiger partial charge in [-0.2, -0.15) is 0 Å². The van der Waals surface area contributed by atoms with Gasteiger partial charge in [-0.25, -0.2) is 0 Å². The number of carbonyl (C=O) groups excluding carboxylic acids is 1. The Bertz CT molecular complexity index is 399. The lowest BCUT2D eigenvalue weighted by atomic mass is 10.1. The molecule has 4 heteroatoms. The molecule has 2 N–H and O–H groups in total. The molecule has 1 aliphatic rings. The van der Waals surface area contributed by atoms with Crippen LogP contribution < -0.4 is 10.6 Å². The molecule has 0 aliphatic carbocycles. The molecule has 0 radical (unpaired) electrons. The zero-order chi connectivity index (χ0) is 13.5. The summed E-state index contributed by atoms with van der Waals surface area (Å²) in [5.41, 5.74) is 1.25. The lowest BCUT2D eigenvalue weighted by Crippen LogP contribution is -2.28. The summed E-state index contributed by atoms with van der Waals surface area (Å²) < 4.78 is 1.09. The molecule has 19 heavy (non-hydrogen) atoms. The fourth-order valence-electron chi connectivity index (χ4n) is 2.39. The van der Waals surface area contributed by atoms with E-state index in [1.807, 2.05) is 12.1 Å². The standard InChI is InChI=1S/C15H21BrN2O/c16-13-5-3-12(4-6-13)9-11-18-15(19)8-7-14-2-1-10-17-14/h3-6,14,17H,1-2,7-11H2,(H,18,19). The molecule has 1 atom stereocenters. The van der Waals surface area contributed by atoms with Gasteiger partial charge in [0.2, 0.25) is 5.91 Å². The van der Waals surface area contributed by atoms with Crippen molar-refractivity contribution in [1.29, 1.82) is 0 Å². The summed E-state index contributed by atoms with van der Waals surface area (Å²) in [5.74, 6) is 0.172. The summed E-state index contributed by atoms with van der Waals surface area (Å²) in [7, 11) is 0. The number of nitrogens with one attached hydrogen (secondary N) is 2. The maximum atomic E-state index is 11.7. The van der Waals surface area contributed by atoms with Crippen molar-refractivity contribution in [2.45, 2.75) is 38.1 Å². The lowest BCUT2D eigenvalue weighted by Gasteiger charge is -2.10. The van der Waals surface area contributed by atoms with Gasteiger partial charge in [-0.05, 0) is 49.9 Å². The van der Waals surface area contributed by atoms with Crippen LogP contribution in [0, 0.1) is 0 Å². The van der Waals surface area contributed by atoms with Crippen molar-refractivity contribution in [2.24, 2.45) is 0 Å². The topological polar surface area (TPSA) is 41.1 Å². The molecular formula is C15H21BrN2O. The van der Waals surface area contributed by atoms with Crippen LogP contribution in [0.5, 0.6) is 0 Å². The van der Waals surface area contributed by atoms with E-state index >= 15 is 0 Å². The van der Waals surface area contributed by atoms with Crippen LogP contribution in [0.15, 0.2) is 28.7 Å². The molecule has 104 valence electrons. The highest BCUT2D eigenvalue weighted by atomic mass is 79.9. The Morgan fingerprint density at radius 1 is 1.37 bits per heavy atom. The van der Waals surface area contributed by atoms with Gasteiger partial charge in [-0.15, -0.1) is 0 Å². The third-order valence-corrected chi connectivity index (χ3v) is 4.06. The first-order chi connectivity index (χ1) is 9.24. The van der Waals surface area contributed by atoms with E-state index < -0.39 is 0 Å². The molecule has 0 bridgehead atoms. The van der Waals surface area contributed by atoms with E-state index in [1.54, 1.807) is 0 Å². The molecule has 1 aliphatic heterocycles. The monoisotopic (exact) mass is 324 g/mol. The Morgan fingerprint density at radius 2 is 2.16 bits per heavy atom. The van der Waals surface area contributed by atoms with E-state index in [2.05, 4.69) is 38.7 Å². The second-order valence-corrected chi connectivity index (χ2v) is 5.97. The first-order valence-corrected chi connectivity index (χ1v) is 7.78. The predicted molar refractivity (Wildman–Crippen MR) is 81.1 cm³/mol. The number of amides is 1. The molecule has 1 heterocycles. The lowest BCUT2D eigenvalue weighted by molar-refractivity contribution is -0.121. The molecule has 1 unspecified atom stereocenters. The van der Waals surface area contributed by atoms with Crippen LogP contribution in [0.2, 0.25) is 0 Å². The van der Waals surface area contributed by atoms with E-state index in [1.165, 1.54) is 18.4 Å². The van der Waals surface area contributed by atoms with Gasteiger partial charge in [0.15, 0.2) is 0 Å². The van der Waals surface area contributed by atoms with E-state index in [-0.39, 0.29) is 5.91 Å². The highest BCUT2D eigenvalue weighted by Crippen LogP contribution is 2.11. The summed E-state index contributed by atoms with van der Waals surface area (Å²) in [6.07, 6.45) is 4.95. The molecule has 1 amide bonds. The van der Waals surface area contributed by atoms with E-state index in [4.69, 9.17) is 0 Å². The number of hydrogen-bond donors (Lipinski definition) is 2. The molecule has 1 aromatic rings. The predicted octanol–water partition coefficient (Wildman–Crippen LogP) is 2.64. The number of carbonyl (C=O) groups is 1. The van der Waals surface area contributed by atoms with E-state index in [0.717, 1.165) is 30.4 Å². The minimum Gasteiger partial charge on any atom is -0.356 e. The first-order valence-electron chi connectivity index (χ1n) is 6.98. The van der Waals surface area contributed by atoms with Crippen LogP contribution in [0.1, 0.15) is 31.2 Å². The average Bonchev–Trinajstić information content (AvgIpc) is 2.92. The van der Waals surface area contributed by atoms with Crippen LogP contribution in [0.4, 0.5) is 0 Å². The maximum absolute atomic E-state index is 11.7. The Hall–Kier alpha value is -0.870. The SMILES string of the molecule is O=C(CCC1CCCN1)NCCc1ccc(Br)cc1. The number of halogens is 1. The minimum absolute atomic E-state index is 0.172. The quantitative estimate of drug-likeness (QED) is 0.844. The second kappa shape index (κ2) is 7.65. The normalized spacial score (nSPS) is 18.5. The molecule has 0 spiro atoms. The van der Waals surface area contributed by atoms with Gasteiger partial charge in [0.25, 0.3) is 0 Å². The molecule has 0 saturated carbocycles. The van der Waals surface area contributed by atoms with E-state index in [0.29, 0.717) is 12.5 Å². The fraction of sp³-hybridized carbons (Fsp3) is 0.533. The summed E-state index contributed by atoms with van der Waals surface area (Å²) in [6.45, 7) is 1.83. The maximum Gasteiger partial charge on any atom is 0.220 e. The number of hydrogen-bond acceptors (Lipinski definition) is 2. The van der Waals surface area contributed by atoms with Crippen LogP contribution in [-0.4, -0.2) is 25.0 Å². The second-order valence-electron chi connectivity index (χ2n) is 5.06. The van der Waals surface area contributed by atoms with Gasteiger partial charge in [0, 0.05) is 23.5 Å². The third-order valence-electron chi connectivity index (χ3n) is 3.53. The fourth-order valence-corrected chi connectivity index (χ4v) is 2.66. The van der Waals surface area contributed by atoms with E-state index in [9.17, 15) is 4.79 Å². The first kappa shape index (κ1) is 14.5. The Kier molecular flexibility index (Phi) is 5.86. The zero-order valence-electron chi connectivity index (χ0n) is 11.1. The number of rotatable bonds is 6. The molecule has 3 nitrogen and oxygen atoms in total. The van der Waals surface area contributed by atoms with Crippen molar-refractivity contribution in [2.75, 3.05) is 13.1 Å². The van der Waals surface area contributed by atoms with Crippen molar-refractivity contribution in [3.8, 4) is 0 Å². The molecule has 2 rings (SSSR count).